The van der Waals surface area contributed by atoms with Gasteiger partial charge in [0.1, 0.15) is 0 Å². The maximum absolute atomic E-state index is 5.30. The SMILES string of the molecule is CN(C)c1ccc(C2CNC3NCC(c4ccoc4)C3C2)cc1. The Balaban J connectivity index is 1.51. The number of benzene rings is 1. The smallest absolute Gasteiger partial charge is 0.0937 e. The summed E-state index contributed by atoms with van der Waals surface area (Å²) in [7, 11) is 4.17. The van der Waals surface area contributed by atoms with Crippen LogP contribution in [0.25, 0.3) is 0 Å². The molecular formula is C19H25N3O. The molecular weight excluding hydrogens is 286 g/mol. The van der Waals surface area contributed by atoms with Gasteiger partial charge in [0.15, 0.2) is 0 Å². The van der Waals surface area contributed by atoms with Crippen LogP contribution in [0.4, 0.5) is 5.69 Å². The van der Waals surface area contributed by atoms with Crippen LogP contribution in [0, 0.1) is 5.92 Å². The first kappa shape index (κ1) is 14.8. The second-order valence-corrected chi connectivity index (χ2v) is 7.04. The molecule has 122 valence electrons. The zero-order valence-electron chi connectivity index (χ0n) is 13.8. The van der Waals surface area contributed by atoms with Gasteiger partial charge in [-0.25, -0.2) is 0 Å². The number of furan rings is 1. The number of hydrogen-bond acceptors (Lipinski definition) is 4. The van der Waals surface area contributed by atoms with E-state index in [9.17, 15) is 0 Å². The lowest BCUT2D eigenvalue weighted by molar-refractivity contribution is 0.260. The monoisotopic (exact) mass is 311 g/mol. The maximum atomic E-state index is 5.30. The van der Waals surface area contributed by atoms with Crippen molar-refractivity contribution >= 4 is 5.69 Å². The van der Waals surface area contributed by atoms with Crippen LogP contribution in [0.15, 0.2) is 47.3 Å². The van der Waals surface area contributed by atoms with Gasteiger partial charge in [0.05, 0.1) is 18.7 Å². The van der Waals surface area contributed by atoms with Gasteiger partial charge < -0.3 is 20.0 Å². The van der Waals surface area contributed by atoms with E-state index in [2.05, 4.69) is 60.0 Å². The summed E-state index contributed by atoms with van der Waals surface area (Å²) < 4.78 is 5.30. The lowest BCUT2D eigenvalue weighted by Gasteiger charge is -2.35. The second kappa shape index (κ2) is 6.02. The largest absolute Gasteiger partial charge is 0.472 e. The number of hydrogen-bond donors (Lipinski definition) is 2. The molecule has 0 bridgehead atoms. The topological polar surface area (TPSA) is 40.4 Å². The highest BCUT2D eigenvalue weighted by atomic mass is 16.3. The molecule has 23 heavy (non-hydrogen) atoms. The van der Waals surface area contributed by atoms with Crippen LogP contribution < -0.4 is 15.5 Å². The minimum absolute atomic E-state index is 0.437. The molecule has 4 atom stereocenters. The molecule has 4 unspecified atom stereocenters. The predicted molar refractivity (Wildman–Crippen MR) is 92.9 cm³/mol. The van der Waals surface area contributed by atoms with Gasteiger partial charge >= 0.3 is 0 Å². The number of nitrogens with one attached hydrogen (secondary N) is 2. The standard InChI is InChI=1S/C19H25N3O/c1-22(2)16-5-3-13(4-6-16)15-9-17-18(14-7-8-23-12-14)11-21-19(17)20-10-15/h3-8,12,15,17-21H,9-11H2,1-2H3. The van der Waals surface area contributed by atoms with Crippen molar-refractivity contribution in [1.82, 2.24) is 10.6 Å². The summed E-state index contributed by atoms with van der Waals surface area (Å²) in [6.45, 7) is 2.09. The van der Waals surface area contributed by atoms with E-state index in [1.165, 1.54) is 23.2 Å². The summed E-state index contributed by atoms with van der Waals surface area (Å²) in [5, 5.41) is 7.34. The molecule has 2 fully saturated rings. The fraction of sp³-hybridized carbons (Fsp3) is 0.474. The minimum Gasteiger partial charge on any atom is -0.472 e. The summed E-state index contributed by atoms with van der Waals surface area (Å²) >= 11 is 0. The van der Waals surface area contributed by atoms with E-state index in [-0.39, 0.29) is 0 Å². The number of nitrogens with zero attached hydrogens (tertiary/aromatic N) is 1. The molecule has 0 amide bonds. The van der Waals surface area contributed by atoms with Gasteiger partial charge in [-0.2, -0.15) is 0 Å². The number of fused-ring (bicyclic) bond motifs is 1. The Kier molecular flexibility index (Phi) is 3.87. The van der Waals surface area contributed by atoms with E-state index in [1.54, 1.807) is 6.26 Å². The summed E-state index contributed by atoms with van der Waals surface area (Å²) in [5.74, 6) is 1.76. The van der Waals surface area contributed by atoms with Crippen molar-refractivity contribution in [2.45, 2.75) is 24.4 Å². The van der Waals surface area contributed by atoms with E-state index < -0.39 is 0 Å². The summed E-state index contributed by atoms with van der Waals surface area (Å²) in [6, 6.07) is 11.1. The first-order valence-corrected chi connectivity index (χ1v) is 8.48. The van der Waals surface area contributed by atoms with E-state index >= 15 is 0 Å². The Morgan fingerprint density at radius 2 is 1.78 bits per heavy atom. The Labute approximate surface area is 137 Å². The lowest BCUT2D eigenvalue weighted by Crippen LogP contribution is -2.48. The molecule has 2 N–H and O–H groups in total. The van der Waals surface area contributed by atoms with Crippen molar-refractivity contribution in [3.05, 3.63) is 54.0 Å². The molecule has 0 aliphatic carbocycles. The molecule has 2 aliphatic rings. The van der Waals surface area contributed by atoms with Crippen LogP contribution in [0.2, 0.25) is 0 Å². The zero-order valence-corrected chi connectivity index (χ0v) is 13.8. The Morgan fingerprint density at radius 1 is 1.00 bits per heavy atom. The van der Waals surface area contributed by atoms with Gasteiger partial charge in [-0.15, -0.1) is 0 Å². The van der Waals surface area contributed by atoms with Crippen molar-refractivity contribution in [3.8, 4) is 0 Å². The third-order valence-corrected chi connectivity index (χ3v) is 5.50. The highest BCUT2D eigenvalue weighted by Crippen LogP contribution is 2.40. The zero-order chi connectivity index (χ0) is 15.8. The molecule has 4 nitrogen and oxygen atoms in total. The molecule has 2 saturated heterocycles. The molecule has 0 spiro atoms. The third-order valence-electron chi connectivity index (χ3n) is 5.50. The van der Waals surface area contributed by atoms with E-state index in [4.69, 9.17) is 4.42 Å². The average Bonchev–Trinajstić information content (AvgIpc) is 3.23. The Bertz CT molecular complexity index is 635. The number of piperidine rings is 1. The molecule has 1 aromatic carbocycles. The van der Waals surface area contributed by atoms with Crippen LogP contribution in [0.1, 0.15) is 29.4 Å². The van der Waals surface area contributed by atoms with Crippen LogP contribution >= 0.6 is 0 Å². The van der Waals surface area contributed by atoms with Crippen LogP contribution in [-0.2, 0) is 0 Å². The van der Waals surface area contributed by atoms with E-state index in [0.717, 1.165) is 13.1 Å². The van der Waals surface area contributed by atoms with Crippen LogP contribution in [0.5, 0.6) is 0 Å². The average molecular weight is 311 g/mol. The first-order valence-electron chi connectivity index (χ1n) is 8.48. The first-order chi connectivity index (χ1) is 11.2. The quantitative estimate of drug-likeness (QED) is 0.914. The van der Waals surface area contributed by atoms with E-state index in [1.807, 2.05) is 6.26 Å². The molecule has 2 aromatic rings. The van der Waals surface area contributed by atoms with Crippen molar-refractivity contribution in [2.24, 2.45) is 5.92 Å². The molecule has 3 heterocycles. The van der Waals surface area contributed by atoms with Crippen molar-refractivity contribution in [2.75, 3.05) is 32.1 Å². The van der Waals surface area contributed by atoms with Gasteiger partial charge in [0, 0.05) is 38.8 Å². The Morgan fingerprint density at radius 3 is 2.48 bits per heavy atom. The summed E-state index contributed by atoms with van der Waals surface area (Å²) in [4.78, 5) is 2.15. The lowest BCUT2D eigenvalue weighted by atomic mass is 9.77. The summed E-state index contributed by atoms with van der Waals surface area (Å²) in [6.07, 6.45) is 5.36. The third kappa shape index (κ3) is 2.77. The van der Waals surface area contributed by atoms with E-state index in [0.29, 0.717) is 23.9 Å². The van der Waals surface area contributed by atoms with Crippen LogP contribution in [-0.4, -0.2) is 33.4 Å². The van der Waals surface area contributed by atoms with Crippen molar-refractivity contribution in [3.63, 3.8) is 0 Å². The molecule has 4 rings (SSSR count). The Hall–Kier alpha value is -1.78. The second-order valence-electron chi connectivity index (χ2n) is 7.04. The minimum atomic E-state index is 0.437. The molecule has 0 radical (unpaired) electrons. The maximum Gasteiger partial charge on any atom is 0.0937 e. The van der Waals surface area contributed by atoms with Gasteiger partial charge in [0.2, 0.25) is 0 Å². The van der Waals surface area contributed by atoms with Gasteiger partial charge in [-0.1, -0.05) is 12.1 Å². The number of rotatable bonds is 3. The highest BCUT2D eigenvalue weighted by Gasteiger charge is 2.41. The molecule has 1 aromatic heterocycles. The van der Waals surface area contributed by atoms with Gasteiger partial charge in [0.25, 0.3) is 0 Å². The van der Waals surface area contributed by atoms with Crippen LogP contribution in [0.3, 0.4) is 0 Å². The van der Waals surface area contributed by atoms with Gasteiger partial charge in [-0.05, 0) is 47.6 Å². The fourth-order valence-corrected chi connectivity index (χ4v) is 4.14. The highest BCUT2D eigenvalue weighted by molar-refractivity contribution is 5.46. The normalized spacial score (nSPS) is 30.2. The summed E-state index contributed by atoms with van der Waals surface area (Å²) in [5.41, 5.74) is 4.03. The van der Waals surface area contributed by atoms with Crippen molar-refractivity contribution < 1.29 is 4.42 Å². The molecule has 4 heteroatoms. The van der Waals surface area contributed by atoms with Gasteiger partial charge in [-0.3, -0.25) is 0 Å². The predicted octanol–water partition coefficient (Wildman–Crippen LogP) is 2.75. The molecule has 0 saturated carbocycles. The number of anilines is 1. The fourth-order valence-electron chi connectivity index (χ4n) is 4.14. The van der Waals surface area contributed by atoms with Crippen molar-refractivity contribution in [1.29, 1.82) is 0 Å². The molecule has 2 aliphatic heterocycles.